The second-order valence-corrected chi connectivity index (χ2v) is 14.4. The van der Waals surface area contributed by atoms with Crippen LogP contribution in [-0.4, -0.2) is 15.0 Å². The van der Waals surface area contributed by atoms with E-state index in [9.17, 15) is 0 Å². The zero-order valence-electron chi connectivity index (χ0n) is 29.6. The Hall–Kier alpha value is -6.91. The summed E-state index contributed by atoms with van der Waals surface area (Å²) in [6.07, 6.45) is 5.55. The van der Waals surface area contributed by atoms with Gasteiger partial charge in [0.05, 0.1) is 0 Å². The van der Waals surface area contributed by atoms with E-state index in [2.05, 4.69) is 153 Å². The average Bonchev–Trinajstić information content (AvgIpc) is 3.63. The molecular formula is C50H33N3O. The highest BCUT2D eigenvalue weighted by atomic mass is 16.3. The van der Waals surface area contributed by atoms with Gasteiger partial charge in [-0.3, -0.25) is 0 Å². The van der Waals surface area contributed by atoms with Crippen LogP contribution < -0.4 is 0 Å². The van der Waals surface area contributed by atoms with Crippen molar-refractivity contribution in [2.75, 3.05) is 0 Å². The third-order valence-corrected chi connectivity index (χ3v) is 11.1. The Morgan fingerprint density at radius 2 is 1.15 bits per heavy atom. The van der Waals surface area contributed by atoms with Crippen LogP contribution in [-0.2, 0) is 0 Å². The molecule has 254 valence electrons. The minimum atomic E-state index is 0.367. The molecule has 4 heteroatoms. The lowest BCUT2D eigenvalue weighted by Gasteiger charge is -2.23. The number of rotatable bonds is 4. The SMILES string of the molecule is CC1CC=Cc2c(-c3nc(-c4ccc5ccc6ccccc6c5c4)nc(-c4ccc(-c5ccccc5)c5oc6ccccc6c45)n3)cc3ccccc3c21. The Morgan fingerprint density at radius 1 is 0.500 bits per heavy atom. The summed E-state index contributed by atoms with van der Waals surface area (Å²) in [6.45, 7) is 2.32. The molecule has 0 amide bonds. The van der Waals surface area contributed by atoms with Crippen LogP contribution in [0, 0.1) is 0 Å². The lowest BCUT2D eigenvalue weighted by Crippen LogP contribution is -2.06. The van der Waals surface area contributed by atoms with Gasteiger partial charge in [0.1, 0.15) is 11.2 Å². The van der Waals surface area contributed by atoms with Gasteiger partial charge in [0, 0.05) is 33.0 Å². The molecule has 4 nitrogen and oxygen atoms in total. The van der Waals surface area contributed by atoms with Gasteiger partial charge in [-0.25, -0.2) is 15.0 Å². The van der Waals surface area contributed by atoms with Gasteiger partial charge in [-0.1, -0.05) is 140 Å². The number of para-hydroxylation sites is 1. The maximum Gasteiger partial charge on any atom is 0.164 e. The summed E-state index contributed by atoms with van der Waals surface area (Å²) in [6, 6.07) is 53.4. The van der Waals surface area contributed by atoms with Crippen LogP contribution in [0.4, 0.5) is 0 Å². The molecule has 0 spiro atoms. The van der Waals surface area contributed by atoms with Crippen molar-refractivity contribution >= 4 is 60.3 Å². The Bertz CT molecular complexity index is 3160. The maximum atomic E-state index is 6.67. The van der Waals surface area contributed by atoms with Gasteiger partial charge in [-0.2, -0.15) is 0 Å². The Balaban J connectivity index is 1.22. The summed E-state index contributed by atoms with van der Waals surface area (Å²) in [5.41, 5.74) is 9.16. The van der Waals surface area contributed by atoms with E-state index in [0.717, 1.165) is 56.2 Å². The van der Waals surface area contributed by atoms with Gasteiger partial charge in [0.15, 0.2) is 17.5 Å². The molecule has 1 unspecified atom stereocenters. The molecule has 1 aliphatic carbocycles. The molecule has 11 rings (SSSR count). The minimum absolute atomic E-state index is 0.367. The summed E-state index contributed by atoms with van der Waals surface area (Å²) in [7, 11) is 0. The molecule has 2 heterocycles. The molecule has 1 atom stereocenters. The normalized spacial score (nSPS) is 14.1. The molecule has 0 fully saturated rings. The van der Waals surface area contributed by atoms with Crippen molar-refractivity contribution in [1.82, 2.24) is 15.0 Å². The summed E-state index contributed by atoms with van der Waals surface area (Å²) in [4.78, 5) is 16.1. The first-order valence-electron chi connectivity index (χ1n) is 18.6. The lowest BCUT2D eigenvalue weighted by molar-refractivity contribution is 0.670. The van der Waals surface area contributed by atoms with Gasteiger partial charge in [0.2, 0.25) is 0 Å². The van der Waals surface area contributed by atoms with E-state index in [-0.39, 0.29) is 0 Å². The van der Waals surface area contributed by atoms with Crippen LogP contribution in [0.3, 0.4) is 0 Å². The number of hydrogen-bond acceptors (Lipinski definition) is 4. The molecule has 8 aromatic carbocycles. The molecule has 2 aromatic heterocycles. The van der Waals surface area contributed by atoms with Crippen LogP contribution in [0.5, 0.6) is 0 Å². The Morgan fingerprint density at radius 3 is 2.00 bits per heavy atom. The van der Waals surface area contributed by atoms with Crippen LogP contribution in [0.1, 0.15) is 30.4 Å². The number of hydrogen-bond donors (Lipinski definition) is 0. The number of allylic oxidation sites excluding steroid dienone is 1. The fourth-order valence-electron chi connectivity index (χ4n) is 8.54. The first kappa shape index (κ1) is 30.7. The van der Waals surface area contributed by atoms with Gasteiger partial charge in [-0.05, 0) is 91.7 Å². The third-order valence-electron chi connectivity index (χ3n) is 11.1. The zero-order chi connectivity index (χ0) is 35.8. The summed E-state index contributed by atoms with van der Waals surface area (Å²) < 4.78 is 6.67. The number of aromatic nitrogens is 3. The lowest BCUT2D eigenvalue weighted by atomic mass is 9.82. The van der Waals surface area contributed by atoms with Gasteiger partial charge in [-0.15, -0.1) is 0 Å². The highest BCUT2D eigenvalue weighted by Gasteiger charge is 2.24. The first-order chi connectivity index (χ1) is 26.7. The van der Waals surface area contributed by atoms with Crippen molar-refractivity contribution in [3.63, 3.8) is 0 Å². The molecule has 0 saturated heterocycles. The van der Waals surface area contributed by atoms with Gasteiger partial charge < -0.3 is 4.42 Å². The van der Waals surface area contributed by atoms with Crippen LogP contribution in [0.25, 0.3) is 106 Å². The topological polar surface area (TPSA) is 51.8 Å². The van der Waals surface area contributed by atoms with Crippen LogP contribution >= 0.6 is 0 Å². The number of nitrogens with zero attached hydrogens (tertiary/aromatic N) is 3. The molecule has 1 aliphatic rings. The molecule has 10 aromatic rings. The van der Waals surface area contributed by atoms with E-state index >= 15 is 0 Å². The average molecular weight is 692 g/mol. The van der Waals surface area contributed by atoms with Crippen molar-refractivity contribution in [3.05, 3.63) is 169 Å². The fraction of sp³-hybridized carbons (Fsp3) is 0.0600. The number of furan rings is 1. The highest BCUT2D eigenvalue weighted by molar-refractivity contribution is 6.16. The molecular weight excluding hydrogens is 659 g/mol. The molecule has 0 saturated carbocycles. The quantitative estimate of drug-likeness (QED) is 0.172. The fourth-order valence-corrected chi connectivity index (χ4v) is 8.54. The third kappa shape index (κ3) is 4.80. The van der Waals surface area contributed by atoms with E-state index in [0.29, 0.717) is 23.4 Å². The number of benzene rings is 8. The molecule has 54 heavy (non-hydrogen) atoms. The molecule has 0 aliphatic heterocycles. The van der Waals surface area contributed by atoms with Crippen LogP contribution in [0.2, 0.25) is 0 Å². The van der Waals surface area contributed by atoms with E-state index < -0.39 is 0 Å². The molecule has 0 bridgehead atoms. The summed E-state index contributed by atoms with van der Waals surface area (Å²) >= 11 is 0. The monoisotopic (exact) mass is 691 g/mol. The second kappa shape index (κ2) is 12.1. The van der Waals surface area contributed by atoms with Gasteiger partial charge >= 0.3 is 0 Å². The van der Waals surface area contributed by atoms with E-state index in [1.807, 2.05) is 18.2 Å². The highest BCUT2D eigenvalue weighted by Crippen LogP contribution is 2.44. The smallest absolute Gasteiger partial charge is 0.164 e. The maximum absolute atomic E-state index is 6.67. The second-order valence-electron chi connectivity index (χ2n) is 14.4. The standard InChI is InChI=1S/C50H33N3O/c1-30-12-11-20-39-43(28-34-16-6-8-18-37(34)45(30)39)50-52-48(35-25-24-33-23-22-32-15-5-7-17-36(32)42(33)29-35)51-49(53-50)41-27-26-38(31-13-3-2-4-14-31)47-46(41)40-19-9-10-21-44(40)54-47/h2-11,13-30H,12H2,1H3. The van der Waals surface area contributed by atoms with Gasteiger partial charge in [0.25, 0.3) is 0 Å². The summed E-state index contributed by atoms with van der Waals surface area (Å²) in [5.74, 6) is 2.26. The minimum Gasteiger partial charge on any atom is -0.455 e. The van der Waals surface area contributed by atoms with E-state index in [1.54, 1.807) is 0 Å². The molecule has 0 N–H and O–H groups in total. The van der Waals surface area contributed by atoms with Crippen LogP contribution in [0.15, 0.2) is 162 Å². The van der Waals surface area contributed by atoms with Crippen molar-refractivity contribution in [1.29, 1.82) is 0 Å². The van der Waals surface area contributed by atoms with E-state index in [4.69, 9.17) is 19.4 Å². The number of fused-ring (bicyclic) bond motifs is 9. The Labute approximate surface area is 312 Å². The summed E-state index contributed by atoms with van der Waals surface area (Å²) in [5, 5.41) is 9.25. The predicted octanol–water partition coefficient (Wildman–Crippen LogP) is 13.4. The zero-order valence-corrected chi connectivity index (χ0v) is 29.6. The van der Waals surface area contributed by atoms with Crippen molar-refractivity contribution in [2.24, 2.45) is 0 Å². The van der Waals surface area contributed by atoms with E-state index in [1.165, 1.54) is 43.4 Å². The molecule has 0 radical (unpaired) electrons. The van der Waals surface area contributed by atoms with Crippen molar-refractivity contribution < 1.29 is 4.42 Å². The largest absolute Gasteiger partial charge is 0.455 e. The Kier molecular flexibility index (Phi) is 6.86. The van der Waals surface area contributed by atoms with Crippen molar-refractivity contribution in [3.8, 4) is 45.3 Å². The predicted molar refractivity (Wildman–Crippen MR) is 223 cm³/mol. The van der Waals surface area contributed by atoms with Crippen molar-refractivity contribution in [2.45, 2.75) is 19.3 Å². The first-order valence-corrected chi connectivity index (χ1v) is 18.6.